The molecule has 4 aromatic carbocycles. The van der Waals surface area contributed by atoms with Crippen LogP contribution in [0.5, 0.6) is 28.7 Å². The Morgan fingerprint density at radius 1 is 0.713 bits per heavy atom. The molecule has 25 nitrogen and oxygen atoms in total. The summed E-state index contributed by atoms with van der Waals surface area (Å²) in [6.45, 7) is 14.8. The standard InChI is InChI=1S/C83H107N5O20/c1-43(2)13-11-14-44(3)56-28-29-57-53-27-22-49-39-52(32-34-81(49,6)58(53)33-35-82(56,57)7)107-80(103)88-61(37-47-18-23-50(90)24-19-47)78(100)86-59(77(99)87-62(79(101)102)38-48-20-25-51(91)26-21-48)16-9-10-36-84-65(92)30-31-66(93)85-60-40-67(106-45(4)72(60)94)108-64-42-83(104,46(5)89)41-55-69(64)76(98)71-70(74(55)96)73(95)54-15-12-17-63(105-8)68(54)75(71)97/h12,15,17-26,43-45,52-53,56-62,64,67,72,90-91,94,96,98,104H,9-11,13-14,16,27-42H2,1-8H3,(H,84,92)(H,85,93)(H,86,100)(H,87,99)(H,88,103)(H,101,102)/t44-,45+,52+,53+,56-,57+,58+,59-,60+,61-,62-,64+,67+,72-,81+,82-,83+/m1/s1. The van der Waals surface area contributed by atoms with Gasteiger partial charge >= 0.3 is 12.1 Å². The van der Waals surface area contributed by atoms with Crippen molar-refractivity contribution in [3.63, 3.8) is 0 Å². The van der Waals surface area contributed by atoms with E-state index in [9.17, 15) is 78.9 Å². The van der Waals surface area contributed by atoms with Crippen LogP contribution in [0.25, 0.3) is 0 Å². The topological polar surface area (TPSA) is 392 Å². The first kappa shape index (κ1) is 80.1. The van der Waals surface area contributed by atoms with Crippen LogP contribution in [0.2, 0.25) is 0 Å². The molecular formula is C83H107N5O20. The summed E-state index contributed by atoms with van der Waals surface area (Å²) in [5.41, 5.74) is -1.25. The Hall–Kier alpha value is -8.91. The van der Waals surface area contributed by atoms with Crippen molar-refractivity contribution in [3.05, 3.63) is 123 Å². The largest absolute Gasteiger partial charge is 0.508 e. The van der Waals surface area contributed by atoms with Gasteiger partial charge < -0.3 is 81.3 Å². The van der Waals surface area contributed by atoms with Crippen LogP contribution in [-0.2, 0) is 62.2 Å². The summed E-state index contributed by atoms with van der Waals surface area (Å²) < 4.78 is 23.9. The molecule has 584 valence electrons. The van der Waals surface area contributed by atoms with Gasteiger partial charge in [-0.25, -0.2) is 9.59 Å². The number of hydrogen-bond acceptors (Lipinski definition) is 19. The Morgan fingerprint density at radius 3 is 2.04 bits per heavy atom. The van der Waals surface area contributed by atoms with E-state index in [1.807, 2.05) is 0 Å². The molecule has 0 spiro atoms. The van der Waals surface area contributed by atoms with E-state index >= 15 is 0 Å². The average Bonchev–Trinajstić information content (AvgIpc) is 0.743. The first-order valence-corrected chi connectivity index (χ1v) is 38.5. The number of aliphatic carboxylic acids is 1. The molecule has 1 heterocycles. The van der Waals surface area contributed by atoms with Crippen molar-refractivity contribution in [2.45, 2.75) is 244 Å². The maximum Gasteiger partial charge on any atom is 0.408 e. The molecule has 6 aliphatic carbocycles. The van der Waals surface area contributed by atoms with Gasteiger partial charge in [0.25, 0.3) is 0 Å². The number of carboxylic acids is 1. The number of alkyl carbamates (subject to hydrolysis) is 1. The number of hydrogen-bond donors (Lipinski definition) is 12. The van der Waals surface area contributed by atoms with E-state index in [0.29, 0.717) is 59.0 Å². The predicted molar refractivity (Wildman–Crippen MR) is 396 cm³/mol. The molecule has 5 amide bonds. The highest BCUT2D eigenvalue weighted by molar-refractivity contribution is 6.31. The van der Waals surface area contributed by atoms with Gasteiger partial charge in [-0.2, -0.15) is 0 Å². The summed E-state index contributed by atoms with van der Waals surface area (Å²) in [6, 6.07) is 10.9. The van der Waals surface area contributed by atoms with Crippen molar-refractivity contribution in [1.29, 1.82) is 0 Å². The van der Waals surface area contributed by atoms with E-state index in [1.54, 1.807) is 12.1 Å². The lowest BCUT2D eigenvalue weighted by atomic mass is 9.47. The lowest BCUT2D eigenvalue weighted by molar-refractivity contribution is -0.249. The summed E-state index contributed by atoms with van der Waals surface area (Å²) in [7, 11) is 1.30. The van der Waals surface area contributed by atoms with Gasteiger partial charge in [-0.1, -0.05) is 102 Å². The van der Waals surface area contributed by atoms with Crippen LogP contribution in [-0.4, -0.2) is 157 Å². The number of aromatic hydroxyl groups is 4. The highest BCUT2D eigenvalue weighted by atomic mass is 16.7. The Kier molecular flexibility index (Phi) is 24.9. The number of fused-ring (bicyclic) bond motifs is 8. The van der Waals surface area contributed by atoms with Crippen LogP contribution in [0.3, 0.4) is 0 Å². The van der Waals surface area contributed by atoms with Crippen LogP contribution in [0.4, 0.5) is 4.79 Å². The summed E-state index contributed by atoms with van der Waals surface area (Å²) >= 11 is 0. The second kappa shape index (κ2) is 33.5. The highest BCUT2D eigenvalue weighted by Gasteiger charge is 2.60. The monoisotopic (exact) mass is 1490 g/mol. The number of ether oxygens (including phenoxy) is 4. The highest BCUT2D eigenvalue weighted by Crippen LogP contribution is 2.68. The van der Waals surface area contributed by atoms with Crippen molar-refractivity contribution in [2.24, 2.45) is 46.3 Å². The Labute approximate surface area is 630 Å². The van der Waals surface area contributed by atoms with Crippen LogP contribution in [0, 0.1) is 46.3 Å². The Morgan fingerprint density at radius 2 is 1.37 bits per heavy atom. The summed E-state index contributed by atoms with van der Waals surface area (Å²) in [5, 5.41) is 90.8. The molecule has 25 heteroatoms. The fourth-order valence-electron chi connectivity index (χ4n) is 19.1. The maximum absolute atomic E-state index is 14.7. The number of amides is 5. The van der Waals surface area contributed by atoms with Gasteiger partial charge in [-0.05, 0) is 166 Å². The number of carbonyl (C=O) groups excluding carboxylic acids is 8. The van der Waals surface area contributed by atoms with Gasteiger partial charge in [0.05, 0.1) is 42.0 Å². The van der Waals surface area contributed by atoms with E-state index in [4.69, 9.17) is 18.9 Å². The number of allylic oxidation sites excluding steroid dienone is 1. The molecule has 1 saturated heterocycles. The van der Waals surface area contributed by atoms with Gasteiger partial charge in [-0.15, -0.1) is 0 Å². The number of carbonyl (C=O) groups is 9. The number of rotatable bonds is 29. The van der Waals surface area contributed by atoms with E-state index in [1.165, 1.54) is 119 Å². The molecule has 7 aliphatic rings. The van der Waals surface area contributed by atoms with E-state index in [2.05, 4.69) is 67.3 Å². The molecule has 0 radical (unpaired) electrons. The van der Waals surface area contributed by atoms with Crippen LogP contribution < -0.4 is 31.3 Å². The molecule has 1 aliphatic heterocycles. The zero-order valence-electron chi connectivity index (χ0n) is 63.1. The number of Topliss-reactive ketones (excluding diaryl/α,β-unsaturated/α-hetero) is 1. The summed E-state index contributed by atoms with van der Waals surface area (Å²) in [5.74, 6) is -4.10. The summed E-state index contributed by atoms with van der Waals surface area (Å²) in [6.07, 6.45) is 5.98. The second-order valence-corrected chi connectivity index (χ2v) is 32.4. The minimum atomic E-state index is -2.20. The second-order valence-electron chi connectivity index (χ2n) is 32.4. The average molecular weight is 1490 g/mol. The molecule has 3 saturated carbocycles. The fraction of sp³-hybridized carbons (Fsp3) is 0.578. The lowest BCUT2D eigenvalue weighted by Crippen LogP contribution is -2.56. The Balaban J connectivity index is 0.705. The lowest BCUT2D eigenvalue weighted by Gasteiger charge is -2.58. The fourth-order valence-corrected chi connectivity index (χ4v) is 19.1. The summed E-state index contributed by atoms with van der Waals surface area (Å²) in [4.78, 5) is 124. The molecular weight excluding hydrogens is 1390 g/mol. The number of phenolic OH excluding ortho intramolecular Hbond substituents is 4. The zero-order chi connectivity index (χ0) is 77.8. The first-order chi connectivity index (χ1) is 51.3. The molecule has 4 fully saturated rings. The number of ketones is 3. The number of carboxylic acid groups (broad SMARTS) is 1. The maximum atomic E-state index is 14.7. The van der Waals surface area contributed by atoms with Gasteiger partial charge in [0.2, 0.25) is 29.4 Å². The van der Waals surface area contributed by atoms with Crippen LogP contribution in [0.15, 0.2) is 78.4 Å². The molecule has 0 bridgehead atoms. The molecule has 12 N–H and O–H groups in total. The first-order valence-electron chi connectivity index (χ1n) is 38.5. The van der Waals surface area contributed by atoms with Crippen molar-refractivity contribution < 1.29 is 97.8 Å². The molecule has 17 atom stereocenters. The van der Waals surface area contributed by atoms with Gasteiger partial charge in [0, 0.05) is 74.6 Å². The SMILES string of the molecule is COc1cccc2c1C(=O)c1c(O)c3c(c(O)c1C2=O)C[C@@](O)(C(C)=O)C[C@@H]3O[C@H]1C[C@H](NC(=O)CCC(=O)NCCCC[C@@H](NC(=O)[C@@H](Cc2ccc(O)cc2)NC(=O)O[C@H]2CC[C@@]3(C)C(=CC[C@H]4[C@@H]5CC[C@H]([C@H](C)CCCC(C)C)[C@@]5(C)CC[C@@H]43)C2)C(=O)N[C@H](Cc2ccc(O)cc2)C(=O)O)[C@H](O)[C@H](C)O1. The molecule has 11 rings (SSSR count). The number of methoxy groups -OCH3 is 1. The number of aliphatic hydroxyl groups is 2. The van der Waals surface area contributed by atoms with Crippen molar-refractivity contribution >= 4 is 53.0 Å². The van der Waals surface area contributed by atoms with Crippen molar-refractivity contribution in [1.82, 2.24) is 26.6 Å². The van der Waals surface area contributed by atoms with Crippen molar-refractivity contribution in [2.75, 3.05) is 13.7 Å². The zero-order valence-corrected chi connectivity index (χ0v) is 63.1. The van der Waals surface area contributed by atoms with Crippen molar-refractivity contribution in [3.8, 4) is 28.7 Å². The van der Waals surface area contributed by atoms with E-state index < -0.39 is 149 Å². The van der Waals surface area contributed by atoms with Crippen LogP contribution in [0.1, 0.15) is 224 Å². The third-order valence-electron chi connectivity index (χ3n) is 25.1. The minimum Gasteiger partial charge on any atom is -0.508 e. The number of benzene rings is 4. The third-order valence-corrected chi connectivity index (χ3v) is 25.1. The Bertz CT molecular complexity index is 4080. The molecule has 0 unspecified atom stereocenters. The number of aliphatic hydroxyl groups excluding tert-OH is 1. The quantitative estimate of drug-likeness (QED) is 0.0120. The smallest absolute Gasteiger partial charge is 0.408 e. The number of unbranched alkanes of at least 4 members (excludes halogenated alkanes) is 1. The van der Waals surface area contributed by atoms with Gasteiger partial charge in [0.1, 0.15) is 64.7 Å². The molecule has 0 aromatic heterocycles. The predicted octanol–water partition coefficient (Wildman–Crippen LogP) is 9.71. The van der Waals surface area contributed by atoms with Crippen LogP contribution >= 0.6 is 0 Å². The van der Waals surface area contributed by atoms with E-state index in [-0.39, 0.29) is 103 Å². The number of nitrogens with one attached hydrogen (secondary N) is 5. The minimum absolute atomic E-state index is 0.0206. The molecule has 108 heavy (non-hydrogen) atoms. The van der Waals surface area contributed by atoms with Gasteiger partial charge in [0.15, 0.2) is 17.9 Å². The normalized spacial score (nSPS) is 27.9. The van der Waals surface area contributed by atoms with E-state index in [0.717, 1.165) is 25.7 Å². The molecule has 4 aromatic rings. The van der Waals surface area contributed by atoms with Gasteiger partial charge in [-0.3, -0.25) is 33.6 Å². The third kappa shape index (κ3) is 17.2. The number of phenols is 4.